The normalized spacial score (nSPS) is 10.6. The van der Waals surface area contributed by atoms with Gasteiger partial charge >= 0.3 is 0 Å². The summed E-state index contributed by atoms with van der Waals surface area (Å²) in [4.78, 5) is 20.4. The standard InChI is InChI=1S/C23H18BrF2N7O/c1-3-21(34)29-16-4-5-19(26)20(9-16)31-22-18(13-6-14(24)8-15(25)7-13)11-27-23(32-22)30-17-10-28-33(2)12-17/h3-12H,1H2,2H3,(H,29,34)(H2,27,30,31,32). The maximum Gasteiger partial charge on any atom is 0.247 e. The largest absolute Gasteiger partial charge is 0.337 e. The van der Waals surface area contributed by atoms with Crippen molar-refractivity contribution in [1.82, 2.24) is 19.7 Å². The molecule has 2 aromatic carbocycles. The van der Waals surface area contributed by atoms with E-state index in [9.17, 15) is 13.6 Å². The number of aryl methyl sites for hydroxylation is 1. The van der Waals surface area contributed by atoms with Gasteiger partial charge in [-0.25, -0.2) is 13.8 Å². The highest BCUT2D eigenvalue weighted by atomic mass is 79.9. The number of aromatic nitrogens is 4. The lowest BCUT2D eigenvalue weighted by molar-refractivity contribution is -0.111. The summed E-state index contributed by atoms with van der Waals surface area (Å²) in [7, 11) is 1.77. The number of nitrogens with one attached hydrogen (secondary N) is 3. The van der Waals surface area contributed by atoms with Gasteiger partial charge in [0.25, 0.3) is 0 Å². The fourth-order valence-electron chi connectivity index (χ4n) is 3.09. The molecule has 0 aliphatic rings. The number of anilines is 5. The molecule has 4 rings (SSSR count). The van der Waals surface area contributed by atoms with Gasteiger partial charge < -0.3 is 16.0 Å². The van der Waals surface area contributed by atoms with Crippen molar-refractivity contribution in [1.29, 1.82) is 0 Å². The maximum atomic E-state index is 14.7. The molecule has 2 aromatic heterocycles. The average Bonchev–Trinajstić information content (AvgIpc) is 3.20. The molecule has 0 aliphatic carbocycles. The van der Waals surface area contributed by atoms with E-state index in [2.05, 4.69) is 53.5 Å². The number of benzene rings is 2. The highest BCUT2D eigenvalue weighted by Gasteiger charge is 2.15. The minimum absolute atomic E-state index is 0.0459. The summed E-state index contributed by atoms with van der Waals surface area (Å²) < 4.78 is 30.9. The third-order valence-electron chi connectivity index (χ3n) is 4.60. The number of amides is 1. The monoisotopic (exact) mass is 525 g/mol. The highest BCUT2D eigenvalue weighted by molar-refractivity contribution is 9.10. The summed E-state index contributed by atoms with van der Waals surface area (Å²) in [5.41, 5.74) is 1.95. The van der Waals surface area contributed by atoms with E-state index in [0.717, 1.165) is 6.08 Å². The van der Waals surface area contributed by atoms with Crippen LogP contribution in [0.15, 0.2) is 72.1 Å². The van der Waals surface area contributed by atoms with Gasteiger partial charge in [-0.2, -0.15) is 10.1 Å². The van der Waals surface area contributed by atoms with Gasteiger partial charge in [0.2, 0.25) is 11.9 Å². The SMILES string of the molecule is C=CC(=O)Nc1ccc(F)c(Nc2nc(Nc3cnn(C)c3)ncc2-c2cc(F)cc(Br)c2)c1. The molecule has 0 atom stereocenters. The van der Waals surface area contributed by atoms with Crippen LogP contribution in [0.25, 0.3) is 11.1 Å². The summed E-state index contributed by atoms with van der Waals surface area (Å²) in [6, 6.07) is 8.37. The molecule has 8 nitrogen and oxygen atoms in total. The molecule has 0 radical (unpaired) electrons. The molecule has 0 fully saturated rings. The van der Waals surface area contributed by atoms with Crippen molar-refractivity contribution in [3.8, 4) is 11.1 Å². The van der Waals surface area contributed by atoms with Crippen molar-refractivity contribution in [2.75, 3.05) is 16.0 Å². The molecule has 0 saturated heterocycles. The quantitative estimate of drug-likeness (QED) is 0.274. The Morgan fingerprint density at radius 2 is 1.94 bits per heavy atom. The third kappa shape index (κ3) is 5.44. The number of carbonyl (C=O) groups is 1. The fraction of sp³-hybridized carbons (Fsp3) is 0.0435. The van der Waals surface area contributed by atoms with Crippen LogP contribution in [0, 0.1) is 11.6 Å². The van der Waals surface area contributed by atoms with Crippen molar-refractivity contribution in [2.45, 2.75) is 0 Å². The summed E-state index contributed by atoms with van der Waals surface area (Å²) in [5.74, 6) is -1.05. The lowest BCUT2D eigenvalue weighted by Crippen LogP contribution is -2.08. The number of rotatable bonds is 7. The van der Waals surface area contributed by atoms with Gasteiger partial charge in [-0.1, -0.05) is 22.5 Å². The van der Waals surface area contributed by atoms with E-state index in [1.807, 2.05) is 0 Å². The molecular weight excluding hydrogens is 508 g/mol. The molecule has 0 spiro atoms. The number of nitrogens with zero attached hydrogens (tertiary/aromatic N) is 4. The van der Waals surface area contributed by atoms with E-state index >= 15 is 0 Å². The Kier molecular flexibility index (Phi) is 6.64. The first-order chi connectivity index (χ1) is 16.3. The van der Waals surface area contributed by atoms with E-state index in [1.54, 1.807) is 30.2 Å². The zero-order chi connectivity index (χ0) is 24.2. The zero-order valence-corrected chi connectivity index (χ0v) is 19.4. The van der Waals surface area contributed by atoms with Gasteiger partial charge in [-0.05, 0) is 48.0 Å². The molecule has 1 amide bonds. The Labute approximate surface area is 201 Å². The lowest BCUT2D eigenvalue weighted by Gasteiger charge is -2.15. The molecule has 4 aromatic rings. The predicted octanol–water partition coefficient (Wildman–Crippen LogP) is 5.53. The van der Waals surface area contributed by atoms with Crippen LogP contribution in [0.4, 0.5) is 37.6 Å². The molecular formula is C23H18BrF2N7O. The maximum absolute atomic E-state index is 14.7. The smallest absolute Gasteiger partial charge is 0.247 e. The fourth-order valence-corrected chi connectivity index (χ4v) is 3.56. The average molecular weight is 526 g/mol. The summed E-state index contributed by atoms with van der Waals surface area (Å²) >= 11 is 3.28. The molecule has 0 bridgehead atoms. The first-order valence-electron chi connectivity index (χ1n) is 9.90. The Hall–Kier alpha value is -4.12. The predicted molar refractivity (Wildman–Crippen MR) is 130 cm³/mol. The second-order valence-corrected chi connectivity index (χ2v) is 8.07. The number of hydrogen-bond donors (Lipinski definition) is 3. The van der Waals surface area contributed by atoms with Crippen molar-refractivity contribution >= 4 is 50.7 Å². The Morgan fingerprint density at radius 3 is 2.65 bits per heavy atom. The van der Waals surface area contributed by atoms with E-state index in [4.69, 9.17) is 0 Å². The van der Waals surface area contributed by atoms with Crippen LogP contribution in [-0.4, -0.2) is 25.7 Å². The van der Waals surface area contributed by atoms with Gasteiger partial charge in [0, 0.05) is 35.2 Å². The number of hydrogen-bond acceptors (Lipinski definition) is 6. The van der Waals surface area contributed by atoms with Crippen LogP contribution in [0.5, 0.6) is 0 Å². The van der Waals surface area contributed by atoms with Gasteiger partial charge in [-0.3, -0.25) is 9.48 Å². The molecule has 0 unspecified atom stereocenters. The minimum atomic E-state index is -0.580. The van der Waals surface area contributed by atoms with Crippen LogP contribution in [0.2, 0.25) is 0 Å². The van der Waals surface area contributed by atoms with E-state index in [-0.39, 0.29) is 17.5 Å². The first kappa shape index (κ1) is 23.1. The summed E-state index contributed by atoms with van der Waals surface area (Å²) in [6.45, 7) is 3.40. The topological polar surface area (TPSA) is 96.8 Å². The molecule has 0 saturated carbocycles. The van der Waals surface area contributed by atoms with Crippen LogP contribution >= 0.6 is 15.9 Å². The summed E-state index contributed by atoms with van der Waals surface area (Å²) in [6.07, 6.45) is 5.94. The van der Waals surface area contributed by atoms with Gasteiger partial charge in [-0.15, -0.1) is 0 Å². The molecule has 3 N–H and O–H groups in total. The highest BCUT2D eigenvalue weighted by Crippen LogP contribution is 2.33. The number of halogens is 3. The molecule has 0 aliphatic heterocycles. The van der Waals surface area contributed by atoms with E-state index in [0.29, 0.717) is 27.0 Å². The third-order valence-corrected chi connectivity index (χ3v) is 5.05. The second-order valence-electron chi connectivity index (χ2n) is 7.15. The minimum Gasteiger partial charge on any atom is -0.337 e. The van der Waals surface area contributed by atoms with Crippen molar-refractivity contribution < 1.29 is 13.6 Å². The van der Waals surface area contributed by atoms with Crippen molar-refractivity contribution in [2.24, 2.45) is 7.05 Å². The van der Waals surface area contributed by atoms with Crippen LogP contribution in [-0.2, 0) is 11.8 Å². The molecule has 172 valence electrons. The lowest BCUT2D eigenvalue weighted by atomic mass is 10.1. The van der Waals surface area contributed by atoms with Crippen LogP contribution < -0.4 is 16.0 Å². The molecule has 34 heavy (non-hydrogen) atoms. The van der Waals surface area contributed by atoms with Crippen LogP contribution in [0.3, 0.4) is 0 Å². The van der Waals surface area contributed by atoms with Crippen LogP contribution in [0.1, 0.15) is 0 Å². The van der Waals surface area contributed by atoms with Crippen molar-refractivity contribution in [3.63, 3.8) is 0 Å². The molecule has 2 heterocycles. The Bertz CT molecular complexity index is 1370. The van der Waals surface area contributed by atoms with Gasteiger partial charge in [0.15, 0.2) is 0 Å². The zero-order valence-electron chi connectivity index (χ0n) is 17.8. The second kappa shape index (κ2) is 9.79. The van der Waals surface area contributed by atoms with E-state index < -0.39 is 17.5 Å². The Balaban J connectivity index is 1.76. The van der Waals surface area contributed by atoms with Gasteiger partial charge in [0.05, 0.1) is 17.6 Å². The molecule has 11 heteroatoms. The Morgan fingerprint density at radius 1 is 1.12 bits per heavy atom. The van der Waals surface area contributed by atoms with E-state index in [1.165, 1.54) is 36.5 Å². The summed E-state index contributed by atoms with van der Waals surface area (Å²) in [5, 5.41) is 12.6. The number of carbonyl (C=O) groups excluding carboxylic acids is 1. The van der Waals surface area contributed by atoms with Gasteiger partial charge in [0.1, 0.15) is 17.5 Å². The van der Waals surface area contributed by atoms with Crippen molar-refractivity contribution in [3.05, 3.63) is 83.8 Å². The first-order valence-corrected chi connectivity index (χ1v) is 10.7.